The molecule has 0 heterocycles. The Morgan fingerprint density at radius 2 is 1.26 bits per heavy atom. The van der Waals surface area contributed by atoms with Crippen LogP contribution >= 0.6 is 0 Å². The lowest BCUT2D eigenvalue weighted by atomic mass is 10.0. The molecule has 0 aromatic heterocycles. The van der Waals surface area contributed by atoms with Gasteiger partial charge in [0.25, 0.3) is 0 Å². The standard InChI is InChI=1S/C11H9NO.C11H8O3/c12-11(13)10-7-3-5-8-4-1-2-6-9(8)10;12-10-6-8-4-2-1-3-7(8)5-9(10)11(13)14/h1-7H,(H2,12,13);1-6,12H,(H,13,14). The normalized spacial score (nSPS) is 10.2. The Balaban J connectivity index is 0.000000156. The smallest absolute Gasteiger partial charge is 0.339 e. The molecule has 4 rings (SSSR count). The van der Waals surface area contributed by atoms with Gasteiger partial charge in [0.2, 0.25) is 5.91 Å². The van der Waals surface area contributed by atoms with Crippen LogP contribution in [0.3, 0.4) is 0 Å². The van der Waals surface area contributed by atoms with Gasteiger partial charge in [-0.1, -0.05) is 60.7 Å². The van der Waals surface area contributed by atoms with Crippen molar-refractivity contribution >= 4 is 33.4 Å². The van der Waals surface area contributed by atoms with Crippen LogP contribution in [0, 0.1) is 0 Å². The average Bonchev–Trinajstić information content (AvgIpc) is 2.67. The third-order valence-corrected chi connectivity index (χ3v) is 4.15. The highest BCUT2D eigenvalue weighted by Gasteiger charge is 2.09. The van der Waals surface area contributed by atoms with Gasteiger partial charge in [-0.2, -0.15) is 0 Å². The van der Waals surface area contributed by atoms with Crippen molar-refractivity contribution in [2.24, 2.45) is 5.73 Å². The Kier molecular flexibility index (Phi) is 5.04. The lowest BCUT2D eigenvalue weighted by Crippen LogP contribution is -2.11. The summed E-state index contributed by atoms with van der Waals surface area (Å²) >= 11 is 0. The van der Waals surface area contributed by atoms with E-state index in [0.717, 1.165) is 21.5 Å². The molecule has 4 aromatic rings. The third kappa shape index (κ3) is 3.88. The van der Waals surface area contributed by atoms with Gasteiger partial charge in [-0.3, -0.25) is 4.79 Å². The van der Waals surface area contributed by atoms with E-state index in [1.54, 1.807) is 12.1 Å². The summed E-state index contributed by atoms with van der Waals surface area (Å²) in [6, 6.07) is 23.4. The molecule has 5 nitrogen and oxygen atoms in total. The Hall–Kier alpha value is -3.86. The fraction of sp³-hybridized carbons (Fsp3) is 0. The summed E-state index contributed by atoms with van der Waals surface area (Å²) in [6.45, 7) is 0. The molecule has 0 aliphatic heterocycles. The molecule has 0 saturated carbocycles. The van der Waals surface area contributed by atoms with Crippen molar-refractivity contribution in [1.82, 2.24) is 0 Å². The zero-order valence-electron chi connectivity index (χ0n) is 14.3. The van der Waals surface area contributed by atoms with Crippen LogP contribution in [0.4, 0.5) is 0 Å². The van der Waals surface area contributed by atoms with E-state index < -0.39 is 5.97 Å². The first kappa shape index (κ1) is 17.9. The first-order valence-electron chi connectivity index (χ1n) is 8.20. The number of fused-ring (bicyclic) bond motifs is 2. The van der Waals surface area contributed by atoms with E-state index in [0.29, 0.717) is 5.56 Å². The van der Waals surface area contributed by atoms with Gasteiger partial charge >= 0.3 is 5.97 Å². The highest BCUT2D eigenvalue weighted by Crippen LogP contribution is 2.24. The number of primary amides is 1. The van der Waals surface area contributed by atoms with Gasteiger partial charge < -0.3 is 15.9 Å². The van der Waals surface area contributed by atoms with Crippen molar-refractivity contribution in [3.05, 3.63) is 90.0 Å². The van der Waals surface area contributed by atoms with Crippen molar-refractivity contribution in [3.8, 4) is 5.75 Å². The second-order valence-corrected chi connectivity index (χ2v) is 5.91. The molecular formula is C22H17NO4. The molecule has 0 aliphatic rings. The molecule has 0 bridgehead atoms. The SMILES string of the molecule is NC(=O)c1cccc2ccccc12.O=C(O)c1cc2ccccc2cc1O. The van der Waals surface area contributed by atoms with Crippen LogP contribution in [0.15, 0.2) is 78.9 Å². The zero-order chi connectivity index (χ0) is 19.4. The Labute approximate surface area is 155 Å². The molecule has 27 heavy (non-hydrogen) atoms. The molecule has 5 heteroatoms. The van der Waals surface area contributed by atoms with E-state index in [9.17, 15) is 14.7 Å². The number of carbonyl (C=O) groups excluding carboxylic acids is 1. The van der Waals surface area contributed by atoms with Gasteiger partial charge in [-0.05, 0) is 39.7 Å². The first-order chi connectivity index (χ1) is 13.0. The Morgan fingerprint density at radius 3 is 1.89 bits per heavy atom. The molecule has 0 spiro atoms. The first-order valence-corrected chi connectivity index (χ1v) is 8.20. The molecule has 0 aliphatic carbocycles. The minimum absolute atomic E-state index is 0.0660. The van der Waals surface area contributed by atoms with E-state index >= 15 is 0 Å². The molecule has 0 fully saturated rings. The lowest BCUT2D eigenvalue weighted by molar-refractivity contribution is 0.0693. The number of nitrogens with two attached hydrogens (primary N) is 1. The number of benzene rings is 4. The predicted octanol–water partition coefficient (Wildman–Crippen LogP) is 4.18. The second-order valence-electron chi connectivity index (χ2n) is 5.91. The predicted molar refractivity (Wildman–Crippen MR) is 105 cm³/mol. The van der Waals surface area contributed by atoms with Gasteiger partial charge in [0.05, 0.1) is 0 Å². The number of carboxylic acid groups (broad SMARTS) is 1. The molecular weight excluding hydrogens is 342 g/mol. The van der Waals surface area contributed by atoms with E-state index in [1.165, 1.54) is 12.1 Å². The number of aromatic hydroxyl groups is 1. The number of hydrogen-bond donors (Lipinski definition) is 3. The van der Waals surface area contributed by atoms with Gasteiger partial charge in [0.15, 0.2) is 0 Å². The van der Waals surface area contributed by atoms with Crippen molar-refractivity contribution in [3.63, 3.8) is 0 Å². The van der Waals surface area contributed by atoms with E-state index in [4.69, 9.17) is 10.8 Å². The van der Waals surface area contributed by atoms with Crippen molar-refractivity contribution in [2.75, 3.05) is 0 Å². The summed E-state index contributed by atoms with van der Waals surface area (Å²) in [4.78, 5) is 21.7. The van der Waals surface area contributed by atoms with Crippen LogP contribution in [0.25, 0.3) is 21.5 Å². The number of phenols is 1. The fourth-order valence-electron chi connectivity index (χ4n) is 2.84. The largest absolute Gasteiger partial charge is 0.507 e. The van der Waals surface area contributed by atoms with E-state index in [1.807, 2.05) is 54.6 Å². The summed E-state index contributed by atoms with van der Waals surface area (Å²) in [7, 11) is 0. The molecule has 134 valence electrons. The maximum atomic E-state index is 11.0. The second kappa shape index (κ2) is 7.58. The minimum atomic E-state index is -1.12. The van der Waals surface area contributed by atoms with E-state index in [-0.39, 0.29) is 17.2 Å². The van der Waals surface area contributed by atoms with Gasteiger partial charge in [-0.25, -0.2) is 4.79 Å². The highest BCUT2D eigenvalue weighted by molar-refractivity contribution is 6.06. The topological polar surface area (TPSA) is 101 Å². The van der Waals surface area contributed by atoms with Crippen LogP contribution in [0.1, 0.15) is 20.7 Å². The average molecular weight is 359 g/mol. The molecule has 0 saturated heterocycles. The quantitative estimate of drug-likeness (QED) is 0.500. The van der Waals surface area contributed by atoms with Gasteiger partial charge in [0.1, 0.15) is 11.3 Å². The monoisotopic (exact) mass is 359 g/mol. The molecule has 0 radical (unpaired) electrons. The number of hydrogen-bond acceptors (Lipinski definition) is 3. The molecule has 0 unspecified atom stereocenters. The Bertz CT molecular complexity index is 1150. The van der Waals surface area contributed by atoms with Crippen LogP contribution in [-0.2, 0) is 0 Å². The van der Waals surface area contributed by atoms with Crippen LogP contribution < -0.4 is 5.73 Å². The van der Waals surface area contributed by atoms with Crippen molar-refractivity contribution in [2.45, 2.75) is 0 Å². The summed E-state index contributed by atoms with van der Waals surface area (Å²) in [5, 5.41) is 21.8. The third-order valence-electron chi connectivity index (χ3n) is 4.15. The van der Waals surface area contributed by atoms with Crippen LogP contribution in [0.5, 0.6) is 5.75 Å². The number of carbonyl (C=O) groups is 2. The summed E-state index contributed by atoms with van der Waals surface area (Å²) in [6.07, 6.45) is 0. The maximum Gasteiger partial charge on any atom is 0.339 e. The fourth-order valence-corrected chi connectivity index (χ4v) is 2.84. The van der Waals surface area contributed by atoms with Crippen molar-refractivity contribution in [1.29, 1.82) is 0 Å². The number of aromatic carboxylic acids is 1. The zero-order valence-corrected chi connectivity index (χ0v) is 14.3. The maximum absolute atomic E-state index is 11.0. The summed E-state index contributed by atoms with van der Waals surface area (Å²) < 4.78 is 0. The lowest BCUT2D eigenvalue weighted by Gasteiger charge is -2.02. The molecule has 1 amide bonds. The number of amides is 1. The van der Waals surface area contributed by atoms with E-state index in [2.05, 4.69) is 0 Å². The molecule has 0 atom stereocenters. The van der Waals surface area contributed by atoms with Crippen molar-refractivity contribution < 1.29 is 19.8 Å². The van der Waals surface area contributed by atoms with Crippen LogP contribution in [0.2, 0.25) is 0 Å². The Morgan fingerprint density at radius 1 is 0.704 bits per heavy atom. The summed E-state index contributed by atoms with van der Waals surface area (Å²) in [5.74, 6) is -1.69. The van der Waals surface area contributed by atoms with Crippen LogP contribution in [-0.4, -0.2) is 22.1 Å². The minimum Gasteiger partial charge on any atom is -0.507 e. The molecule has 4 aromatic carbocycles. The van der Waals surface area contributed by atoms with Gasteiger partial charge in [-0.15, -0.1) is 0 Å². The number of carboxylic acids is 1. The summed E-state index contributed by atoms with van der Waals surface area (Å²) in [5.41, 5.74) is 5.76. The highest BCUT2D eigenvalue weighted by atomic mass is 16.4. The number of rotatable bonds is 2. The molecule has 4 N–H and O–H groups in total. The van der Waals surface area contributed by atoms with Gasteiger partial charge in [0, 0.05) is 5.56 Å².